The Balaban J connectivity index is 1.17. The van der Waals surface area contributed by atoms with Gasteiger partial charge in [0.25, 0.3) is 8.32 Å². The maximum atomic E-state index is 14.3. The van der Waals surface area contributed by atoms with Crippen LogP contribution in [0, 0.1) is 0 Å². The number of nitrogens with zero attached hydrogens (tertiary/aromatic N) is 1. The van der Waals surface area contributed by atoms with Crippen LogP contribution in [0.15, 0.2) is 103 Å². The van der Waals surface area contributed by atoms with Crippen molar-refractivity contribution in [1.82, 2.24) is 20.9 Å². The molecule has 3 aromatic carbocycles. The molecule has 0 aromatic heterocycles. The van der Waals surface area contributed by atoms with Crippen molar-refractivity contribution in [3.8, 4) is 0 Å². The molecule has 6 rings (SSSR count). The Morgan fingerprint density at radius 2 is 1.44 bits per heavy atom. The molecule has 1 saturated carbocycles. The lowest BCUT2D eigenvalue weighted by Gasteiger charge is -2.44. The van der Waals surface area contributed by atoms with Gasteiger partial charge in [-0.2, -0.15) is 0 Å². The van der Waals surface area contributed by atoms with Gasteiger partial charge in [-0.3, -0.25) is 24.0 Å². The highest BCUT2D eigenvalue weighted by molar-refractivity contribution is 6.99. The summed E-state index contributed by atoms with van der Waals surface area (Å²) in [6.07, 6.45) is 9.31. The van der Waals surface area contributed by atoms with E-state index in [-0.39, 0.29) is 35.0 Å². The fourth-order valence-corrected chi connectivity index (χ4v) is 14.0. The predicted octanol–water partition coefficient (Wildman–Crippen LogP) is 5.67. The summed E-state index contributed by atoms with van der Waals surface area (Å²) in [4.78, 5) is 72.1. The molecule has 3 aliphatic rings. The third-order valence-corrected chi connectivity index (χ3v) is 17.5. The van der Waals surface area contributed by atoms with E-state index in [1.165, 1.54) is 0 Å². The SMILES string of the molecule is CC[C@@H](O[Si](c1ccccc1)(c1ccccc1)C(C)(C)C)C(=O)/C=C/CCC[C@@H]1NC(=O)[C@H]2CCCN2C(=O)[C@H](Cc2ccccc2)NC(=O)C2(CCCCC2)NC1=O. The van der Waals surface area contributed by atoms with Crippen molar-refractivity contribution in [2.75, 3.05) is 6.54 Å². The number of benzene rings is 3. The summed E-state index contributed by atoms with van der Waals surface area (Å²) in [5, 5.41) is 11.1. The van der Waals surface area contributed by atoms with Crippen LogP contribution in [-0.4, -0.2) is 78.9 Å². The van der Waals surface area contributed by atoms with E-state index in [9.17, 15) is 24.0 Å². The fourth-order valence-electron chi connectivity index (χ4n) is 9.27. The third kappa shape index (κ3) is 9.95. The number of amides is 4. The highest BCUT2D eigenvalue weighted by Crippen LogP contribution is 2.38. The summed E-state index contributed by atoms with van der Waals surface area (Å²) in [5.41, 5.74) is -0.294. The predicted molar refractivity (Wildman–Crippen MR) is 233 cm³/mol. The standard InChI is InChI=1S/C48H62N4O6Si/c1-5-42(58-59(47(2,3)4,36-24-13-7-14-25-36)37-26-15-8-16-27-37)41(53)30-18-9-17-28-38-43(54)51-48(31-19-10-20-32-48)46(57)50-39(34-35-22-11-6-12-23-35)45(56)52-33-21-29-40(52)44(55)49-38/h6-8,11-16,18,22-27,30,38-40,42H,5,9-10,17,19-21,28-29,31-34H2,1-4H3,(H,49,55)(H,50,57)(H,51,54)/b30-18+/t38-,39-,40+,42+/m0/s1. The van der Waals surface area contributed by atoms with Crippen LogP contribution in [0.1, 0.15) is 104 Å². The second kappa shape index (κ2) is 19.5. The molecule has 0 radical (unpaired) electrons. The van der Waals surface area contributed by atoms with E-state index in [4.69, 9.17) is 4.43 Å². The molecule has 2 aliphatic heterocycles. The molecule has 2 heterocycles. The number of unbranched alkanes of at least 4 members (excludes halogenated alkanes) is 1. The molecule has 59 heavy (non-hydrogen) atoms. The van der Waals surface area contributed by atoms with Crippen LogP contribution in [0.3, 0.4) is 0 Å². The van der Waals surface area contributed by atoms with Crippen LogP contribution in [-0.2, 0) is 34.8 Å². The Morgan fingerprint density at radius 3 is 2.03 bits per heavy atom. The molecule has 4 amide bonds. The highest BCUT2D eigenvalue weighted by Gasteiger charge is 2.52. The minimum Gasteiger partial charge on any atom is -0.397 e. The second-order valence-electron chi connectivity index (χ2n) is 17.5. The molecule has 0 unspecified atom stereocenters. The van der Waals surface area contributed by atoms with Gasteiger partial charge in [-0.25, -0.2) is 0 Å². The molecular formula is C48H62N4O6Si. The van der Waals surface area contributed by atoms with Crippen LogP contribution in [0.25, 0.3) is 0 Å². The highest BCUT2D eigenvalue weighted by atomic mass is 28.4. The fraction of sp³-hybridized carbons (Fsp3) is 0.479. The van der Waals surface area contributed by atoms with E-state index in [1.54, 1.807) is 11.0 Å². The summed E-state index contributed by atoms with van der Waals surface area (Å²) in [6, 6.07) is 27.6. The van der Waals surface area contributed by atoms with Gasteiger partial charge in [0.2, 0.25) is 23.6 Å². The number of rotatable bonds is 13. The molecule has 1 spiro atoms. The second-order valence-corrected chi connectivity index (χ2v) is 21.8. The summed E-state index contributed by atoms with van der Waals surface area (Å²) in [6.45, 7) is 8.95. The summed E-state index contributed by atoms with van der Waals surface area (Å²) in [7, 11) is -2.96. The van der Waals surface area contributed by atoms with Crippen LogP contribution in [0.2, 0.25) is 5.04 Å². The van der Waals surface area contributed by atoms with Crippen LogP contribution < -0.4 is 26.3 Å². The first-order valence-electron chi connectivity index (χ1n) is 21.7. The average molecular weight is 819 g/mol. The zero-order valence-electron chi connectivity index (χ0n) is 35.2. The van der Waals surface area contributed by atoms with Gasteiger partial charge < -0.3 is 25.3 Å². The molecule has 4 atom stereocenters. The van der Waals surface area contributed by atoms with Crippen molar-refractivity contribution >= 4 is 48.1 Å². The Morgan fingerprint density at radius 1 is 0.831 bits per heavy atom. The molecule has 1 aliphatic carbocycles. The van der Waals surface area contributed by atoms with Gasteiger partial charge in [0.05, 0.1) is 0 Å². The minimum atomic E-state index is -2.96. The van der Waals surface area contributed by atoms with E-state index in [2.05, 4.69) is 61.0 Å². The zero-order chi connectivity index (χ0) is 42.0. The first kappa shape index (κ1) is 43.7. The van der Waals surface area contributed by atoms with E-state index in [0.717, 1.165) is 35.2 Å². The summed E-state index contributed by atoms with van der Waals surface area (Å²) >= 11 is 0. The number of nitrogens with one attached hydrogen (secondary N) is 3. The van der Waals surface area contributed by atoms with Crippen molar-refractivity contribution in [1.29, 1.82) is 0 Å². The Kier molecular flexibility index (Phi) is 14.4. The van der Waals surface area contributed by atoms with Crippen LogP contribution in [0.4, 0.5) is 0 Å². The normalized spacial score (nSPS) is 22.2. The lowest BCUT2D eigenvalue weighted by Crippen LogP contribution is -2.68. The number of hydrogen-bond acceptors (Lipinski definition) is 6. The van der Waals surface area contributed by atoms with E-state index in [1.807, 2.05) is 79.7 Å². The van der Waals surface area contributed by atoms with Gasteiger partial charge in [0.15, 0.2) is 5.78 Å². The number of allylic oxidation sites excluding steroid dienone is 1. The van der Waals surface area contributed by atoms with E-state index in [0.29, 0.717) is 57.9 Å². The number of hydrogen-bond donors (Lipinski definition) is 3. The number of carbonyl (C=O) groups excluding carboxylic acids is 5. The average Bonchev–Trinajstić information content (AvgIpc) is 3.74. The molecule has 3 N–H and O–H groups in total. The van der Waals surface area contributed by atoms with Gasteiger partial charge in [0, 0.05) is 13.0 Å². The zero-order valence-corrected chi connectivity index (χ0v) is 36.2. The molecule has 11 heteroatoms. The maximum absolute atomic E-state index is 14.3. The van der Waals surface area contributed by atoms with E-state index >= 15 is 0 Å². The Bertz CT molecular complexity index is 1900. The first-order valence-corrected chi connectivity index (χ1v) is 23.6. The molecule has 2 saturated heterocycles. The quantitative estimate of drug-likeness (QED) is 0.116. The van der Waals surface area contributed by atoms with Gasteiger partial charge >= 0.3 is 0 Å². The van der Waals surface area contributed by atoms with Crippen molar-refractivity contribution in [2.24, 2.45) is 0 Å². The van der Waals surface area contributed by atoms with Crippen LogP contribution >= 0.6 is 0 Å². The lowest BCUT2D eigenvalue weighted by molar-refractivity contribution is -0.145. The number of ketones is 1. The van der Waals surface area contributed by atoms with Gasteiger partial charge in [0.1, 0.15) is 29.8 Å². The monoisotopic (exact) mass is 818 g/mol. The van der Waals surface area contributed by atoms with Crippen molar-refractivity contribution in [2.45, 2.75) is 140 Å². The van der Waals surface area contributed by atoms with Gasteiger partial charge in [-0.15, -0.1) is 0 Å². The van der Waals surface area contributed by atoms with Crippen molar-refractivity contribution in [3.63, 3.8) is 0 Å². The maximum Gasteiger partial charge on any atom is 0.262 e. The molecule has 10 nitrogen and oxygen atoms in total. The van der Waals surface area contributed by atoms with E-state index < -0.39 is 44.0 Å². The molecule has 0 bridgehead atoms. The van der Waals surface area contributed by atoms with Gasteiger partial charge in [-0.05, 0) is 78.4 Å². The summed E-state index contributed by atoms with van der Waals surface area (Å²) in [5.74, 6) is -1.52. The largest absolute Gasteiger partial charge is 0.397 e. The van der Waals surface area contributed by atoms with Crippen molar-refractivity contribution < 1.29 is 28.4 Å². The lowest BCUT2D eigenvalue weighted by atomic mass is 9.80. The van der Waals surface area contributed by atoms with Crippen molar-refractivity contribution in [3.05, 3.63) is 109 Å². The molecular weight excluding hydrogens is 757 g/mol. The molecule has 314 valence electrons. The van der Waals surface area contributed by atoms with Gasteiger partial charge in [-0.1, -0.05) is 144 Å². The van der Waals surface area contributed by atoms with Crippen LogP contribution in [0.5, 0.6) is 0 Å². The third-order valence-electron chi connectivity index (χ3n) is 12.4. The Hall–Kier alpha value is -4.87. The topological polar surface area (TPSA) is 134 Å². The molecule has 3 aromatic rings. The summed E-state index contributed by atoms with van der Waals surface area (Å²) < 4.78 is 7.15. The Labute approximate surface area is 351 Å². The number of carbonyl (C=O) groups is 5. The molecule has 3 fully saturated rings. The first-order chi connectivity index (χ1) is 28.4. The minimum absolute atomic E-state index is 0.112. The number of fused-ring (bicyclic) bond motifs is 1. The smallest absolute Gasteiger partial charge is 0.262 e.